The highest BCUT2D eigenvalue weighted by Gasteiger charge is 2.57. The molecular formula is C26H33F3N8O2. The third-order valence-electron chi connectivity index (χ3n) is 8.04. The van der Waals surface area contributed by atoms with Crippen molar-refractivity contribution in [3.63, 3.8) is 0 Å². The number of hydrogen-bond donors (Lipinski definition) is 2. The second kappa shape index (κ2) is 9.10. The number of urea groups is 1. The fourth-order valence-corrected chi connectivity index (χ4v) is 5.70. The number of hydrogen-bond acceptors (Lipinski definition) is 6. The molecule has 2 aliphatic heterocycles. The molecular weight excluding hydrogens is 513 g/mol. The molecule has 0 bridgehead atoms. The first-order valence-electron chi connectivity index (χ1n) is 13.3. The van der Waals surface area contributed by atoms with Crippen molar-refractivity contribution in [1.29, 1.82) is 0 Å². The lowest BCUT2D eigenvalue weighted by Crippen LogP contribution is -2.54. The smallest absolute Gasteiger partial charge is 0.322 e. The number of H-pyrrole nitrogens is 1. The van der Waals surface area contributed by atoms with Crippen molar-refractivity contribution in [2.45, 2.75) is 75.7 Å². The standard InChI is InChI=1S/C26H33F3N8O2/c1-24(2,27)14-37-20-10-18(30-11-17(20)22(34-37)35-9-4-16(35)13-39-3)21-19(12-31-33-21)32-23(38)36-15-26(28,29)8-7-25(36)5-6-25/h10-12,16H,4-9,13-15H2,1-3H3,(H,31,33)(H,32,38)/t16-/m1/s1. The van der Waals surface area contributed by atoms with Crippen LogP contribution in [0.4, 0.5) is 29.5 Å². The molecule has 1 spiro atoms. The predicted molar refractivity (Wildman–Crippen MR) is 140 cm³/mol. The van der Waals surface area contributed by atoms with Gasteiger partial charge in [-0.3, -0.25) is 14.8 Å². The lowest BCUT2D eigenvalue weighted by Gasteiger charge is -2.41. The number of amides is 2. The van der Waals surface area contributed by atoms with E-state index < -0.39 is 29.7 Å². The van der Waals surface area contributed by atoms with Gasteiger partial charge in [-0.2, -0.15) is 10.2 Å². The zero-order valence-electron chi connectivity index (χ0n) is 22.3. The Kier molecular flexibility index (Phi) is 6.05. The van der Waals surface area contributed by atoms with Crippen molar-refractivity contribution < 1.29 is 22.7 Å². The fourth-order valence-electron chi connectivity index (χ4n) is 5.70. The first kappa shape index (κ1) is 25.9. The van der Waals surface area contributed by atoms with E-state index in [0.717, 1.165) is 37.0 Å². The SMILES string of the molecule is COC[C@H]1CCN1c1nn(CC(C)(C)F)c2cc(-c3[nH]ncc3NC(=O)N3CC(F)(F)CCC34CC4)ncc12. The molecule has 3 aromatic rings. The molecule has 39 heavy (non-hydrogen) atoms. The molecule has 0 radical (unpaired) electrons. The number of pyridine rings is 1. The minimum atomic E-state index is -2.91. The van der Waals surface area contributed by atoms with Crippen LogP contribution in [0, 0.1) is 0 Å². The Labute approximate surface area is 223 Å². The van der Waals surface area contributed by atoms with Crippen molar-refractivity contribution in [1.82, 2.24) is 29.9 Å². The van der Waals surface area contributed by atoms with E-state index in [2.05, 4.69) is 25.4 Å². The van der Waals surface area contributed by atoms with Crippen molar-refractivity contribution >= 4 is 28.4 Å². The maximum atomic E-state index is 14.8. The number of rotatable bonds is 7. The van der Waals surface area contributed by atoms with E-state index in [0.29, 0.717) is 35.6 Å². The van der Waals surface area contributed by atoms with Crippen LogP contribution in [0.15, 0.2) is 18.5 Å². The second-order valence-corrected chi connectivity index (χ2v) is 11.6. The normalized spacial score (nSPS) is 21.8. The molecule has 0 aromatic carbocycles. The quantitative estimate of drug-likeness (QED) is 0.449. The van der Waals surface area contributed by atoms with Crippen molar-refractivity contribution in [3.05, 3.63) is 18.5 Å². The number of carbonyl (C=O) groups is 1. The van der Waals surface area contributed by atoms with Gasteiger partial charge in [0.1, 0.15) is 11.4 Å². The number of likely N-dealkylation sites (tertiary alicyclic amines) is 1. The summed E-state index contributed by atoms with van der Waals surface area (Å²) in [5.74, 6) is -2.18. The van der Waals surface area contributed by atoms with Crippen LogP contribution in [-0.2, 0) is 11.3 Å². The van der Waals surface area contributed by atoms with Crippen LogP contribution in [0.1, 0.15) is 46.0 Å². The molecule has 6 rings (SSSR count). The Morgan fingerprint density at radius 2 is 2.03 bits per heavy atom. The van der Waals surface area contributed by atoms with E-state index in [4.69, 9.17) is 9.84 Å². The molecule has 3 aliphatic rings. The zero-order valence-corrected chi connectivity index (χ0v) is 22.3. The van der Waals surface area contributed by atoms with Crippen LogP contribution < -0.4 is 10.2 Å². The van der Waals surface area contributed by atoms with Gasteiger partial charge in [0.05, 0.1) is 54.2 Å². The number of aromatic nitrogens is 5. The number of anilines is 2. The number of aromatic amines is 1. The second-order valence-electron chi connectivity index (χ2n) is 11.6. The number of fused-ring (bicyclic) bond motifs is 1. The topological polar surface area (TPSA) is 104 Å². The van der Waals surface area contributed by atoms with Crippen LogP contribution >= 0.6 is 0 Å². The highest BCUT2D eigenvalue weighted by molar-refractivity contribution is 5.96. The van der Waals surface area contributed by atoms with Gasteiger partial charge in [0, 0.05) is 31.8 Å². The van der Waals surface area contributed by atoms with Crippen LogP contribution in [0.5, 0.6) is 0 Å². The van der Waals surface area contributed by atoms with E-state index in [9.17, 15) is 18.0 Å². The number of methoxy groups -OCH3 is 1. The minimum absolute atomic E-state index is 0.0353. The van der Waals surface area contributed by atoms with Gasteiger partial charge in [-0.1, -0.05) is 0 Å². The molecule has 5 heterocycles. The van der Waals surface area contributed by atoms with E-state index in [1.54, 1.807) is 24.1 Å². The number of nitrogens with one attached hydrogen (secondary N) is 2. The number of alkyl halides is 3. The zero-order chi connectivity index (χ0) is 27.6. The molecule has 1 atom stereocenters. The number of piperidine rings is 1. The minimum Gasteiger partial charge on any atom is -0.383 e. The van der Waals surface area contributed by atoms with Gasteiger partial charge in [-0.15, -0.1) is 0 Å². The molecule has 3 aromatic heterocycles. The highest BCUT2D eigenvalue weighted by atomic mass is 19.3. The van der Waals surface area contributed by atoms with E-state index in [-0.39, 0.29) is 19.0 Å². The molecule has 210 valence electrons. The van der Waals surface area contributed by atoms with Gasteiger partial charge in [-0.25, -0.2) is 18.0 Å². The average molecular weight is 547 g/mol. The third kappa shape index (κ3) is 4.81. The Morgan fingerprint density at radius 3 is 2.69 bits per heavy atom. The lowest BCUT2D eigenvalue weighted by molar-refractivity contribution is -0.0721. The van der Waals surface area contributed by atoms with E-state index in [1.165, 1.54) is 24.9 Å². The summed E-state index contributed by atoms with van der Waals surface area (Å²) in [7, 11) is 1.66. The molecule has 3 fully saturated rings. The number of halogens is 3. The third-order valence-corrected chi connectivity index (χ3v) is 8.04. The predicted octanol–water partition coefficient (Wildman–Crippen LogP) is 4.59. The Hall–Kier alpha value is -3.35. The van der Waals surface area contributed by atoms with Crippen molar-refractivity contribution in [3.8, 4) is 11.4 Å². The first-order valence-corrected chi connectivity index (χ1v) is 13.3. The highest BCUT2D eigenvalue weighted by Crippen LogP contribution is 2.51. The molecule has 2 amide bonds. The summed E-state index contributed by atoms with van der Waals surface area (Å²) in [6, 6.07) is 1.39. The number of ether oxygens (including phenoxy) is 1. The average Bonchev–Trinajstić information content (AvgIpc) is 3.36. The maximum Gasteiger partial charge on any atom is 0.322 e. The van der Waals surface area contributed by atoms with Gasteiger partial charge in [-0.05, 0) is 45.6 Å². The molecule has 1 saturated carbocycles. The first-order chi connectivity index (χ1) is 18.5. The summed E-state index contributed by atoms with van der Waals surface area (Å²) >= 11 is 0. The Balaban J connectivity index is 1.31. The van der Waals surface area contributed by atoms with Gasteiger partial charge >= 0.3 is 6.03 Å². The number of carbonyl (C=O) groups excluding carboxylic acids is 1. The molecule has 10 nitrogen and oxygen atoms in total. The summed E-state index contributed by atoms with van der Waals surface area (Å²) in [4.78, 5) is 21.2. The Bertz CT molecular complexity index is 1390. The molecule has 2 saturated heterocycles. The van der Waals surface area contributed by atoms with Crippen molar-refractivity contribution in [2.75, 3.05) is 37.0 Å². The summed E-state index contributed by atoms with van der Waals surface area (Å²) in [5.41, 5.74) is -0.0921. The fraction of sp³-hybridized carbons (Fsp3) is 0.615. The van der Waals surface area contributed by atoms with Gasteiger partial charge in [0.2, 0.25) is 0 Å². The summed E-state index contributed by atoms with van der Waals surface area (Å²) in [6.45, 7) is 3.81. The largest absolute Gasteiger partial charge is 0.383 e. The van der Waals surface area contributed by atoms with E-state index >= 15 is 0 Å². The van der Waals surface area contributed by atoms with Crippen LogP contribution in [0.2, 0.25) is 0 Å². The molecule has 13 heteroatoms. The van der Waals surface area contributed by atoms with Crippen molar-refractivity contribution in [2.24, 2.45) is 0 Å². The summed E-state index contributed by atoms with van der Waals surface area (Å²) < 4.78 is 50.1. The maximum absolute atomic E-state index is 14.8. The van der Waals surface area contributed by atoms with Crippen LogP contribution in [-0.4, -0.2) is 85.9 Å². The van der Waals surface area contributed by atoms with Gasteiger partial charge < -0.3 is 19.9 Å². The summed E-state index contributed by atoms with van der Waals surface area (Å²) in [5, 5.41) is 15.2. The monoisotopic (exact) mass is 546 g/mol. The molecule has 0 unspecified atom stereocenters. The Morgan fingerprint density at radius 1 is 1.26 bits per heavy atom. The number of nitrogens with zero attached hydrogens (tertiary/aromatic N) is 6. The van der Waals surface area contributed by atoms with Crippen LogP contribution in [0.25, 0.3) is 22.3 Å². The summed E-state index contributed by atoms with van der Waals surface area (Å²) in [6.07, 6.45) is 5.65. The molecule has 1 aliphatic carbocycles. The van der Waals surface area contributed by atoms with Gasteiger partial charge in [0.25, 0.3) is 5.92 Å². The van der Waals surface area contributed by atoms with Gasteiger partial charge in [0.15, 0.2) is 5.82 Å². The molecule has 2 N–H and O–H groups in total. The van der Waals surface area contributed by atoms with E-state index in [1.807, 2.05) is 0 Å². The lowest BCUT2D eigenvalue weighted by atomic mass is 9.97. The van der Waals surface area contributed by atoms with Crippen LogP contribution in [0.3, 0.4) is 0 Å².